The number of hydrogen-bond donors (Lipinski definition) is 1. The van der Waals surface area contributed by atoms with Gasteiger partial charge in [0.2, 0.25) is 0 Å². The Bertz CT molecular complexity index is 505. The van der Waals surface area contributed by atoms with Gasteiger partial charge in [0.15, 0.2) is 0 Å². The van der Waals surface area contributed by atoms with E-state index in [1.807, 2.05) is 12.3 Å². The Morgan fingerprint density at radius 1 is 1.35 bits per heavy atom. The molecule has 1 aromatic heterocycles. The summed E-state index contributed by atoms with van der Waals surface area (Å²) in [6, 6.07) is 6.26. The summed E-state index contributed by atoms with van der Waals surface area (Å²) >= 11 is 0. The number of aliphatic hydroxyl groups is 1. The Morgan fingerprint density at radius 2 is 2.18 bits per heavy atom. The maximum atomic E-state index is 8.84. The Kier molecular flexibility index (Phi) is 3.54. The number of nitrogens with zero attached hydrogens (tertiary/aromatic N) is 3. The molecule has 1 aromatic carbocycles. The van der Waals surface area contributed by atoms with Crippen LogP contribution < -0.4 is 0 Å². The summed E-state index contributed by atoms with van der Waals surface area (Å²) in [5.41, 5.74) is 4.45. The summed E-state index contributed by atoms with van der Waals surface area (Å²) in [5, 5.41) is 16.9. The highest BCUT2D eigenvalue weighted by Gasteiger charge is 2.04. The van der Waals surface area contributed by atoms with Crippen molar-refractivity contribution in [1.29, 1.82) is 0 Å². The summed E-state index contributed by atoms with van der Waals surface area (Å²) in [5.74, 6) is 0. The first-order valence-electron chi connectivity index (χ1n) is 5.86. The van der Waals surface area contributed by atoms with Gasteiger partial charge in [0.05, 0.1) is 17.6 Å². The predicted octanol–water partition coefficient (Wildman–Crippen LogP) is 1.67. The predicted molar refractivity (Wildman–Crippen MR) is 66.3 cm³/mol. The smallest absolute Gasteiger partial charge is 0.0854 e. The summed E-state index contributed by atoms with van der Waals surface area (Å²) in [4.78, 5) is 0. The van der Waals surface area contributed by atoms with Gasteiger partial charge in [-0.1, -0.05) is 18.2 Å². The van der Waals surface area contributed by atoms with Crippen molar-refractivity contribution in [3.8, 4) is 5.69 Å². The molecule has 0 fully saturated rings. The second kappa shape index (κ2) is 5.10. The number of aromatic nitrogens is 3. The van der Waals surface area contributed by atoms with Crippen LogP contribution in [0.1, 0.15) is 23.7 Å². The third kappa shape index (κ3) is 2.53. The van der Waals surface area contributed by atoms with E-state index in [0.29, 0.717) is 6.42 Å². The van der Waals surface area contributed by atoms with Crippen molar-refractivity contribution < 1.29 is 5.11 Å². The van der Waals surface area contributed by atoms with E-state index in [1.54, 1.807) is 4.68 Å². The Morgan fingerprint density at radius 3 is 2.88 bits per heavy atom. The van der Waals surface area contributed by atoms with E-state index >= 15 is 0 Å². The van der Waals surface area contributed by atoms with Crippen LogP contribution in [0.4, 0.5) is 0 Å². The second-order valence-corrected chi connectivity index (χ2v) is 4.09. The summed E-state index contributed by atoms with van der Waals surface area (Å²) in [6.45, 7) is 4.36. The van der Waals surface area contributed by atoms with Crippen LogP contribution in [0.5, 0.6) is 0 Å². The molecule has 17 heavy (non-hydrogen) atoms. The van der Waals surface area contributed by atoms with Gasteiger partial charge in [-0.15, -0.1) is 5.10 Å². The summed E-state index contributed by atoms with van der Waals surface area (Å²) in [7, 11) is 0. The van der Waals surface area contributed by atoms with Crippen molar-refractivity contribution in [3.05, 3.63) is 41.2 Å². The average molecular weight is 231 g/mol. The topological polar surface area (TPSA) is 50.9 Å². The van der Waals surface area contributed by atoms with Gasteiger partial charge in [-0.25, -0.2) is 4.68 Å². The van der Waals surface area contributed by atoms with Crippen molar-refractivity contribution in [2.45, 2.75) is 26.7 Å². The Labute approximate surface area is 101 Å². The highest BCUT2D eigenvalue weighted by Crippen LogP contribution is 2.15. The quantitative estimate of drug-likeness (QED) is 0.870. The molecular weight excluding hydrogens is 214 g/mol. The Balaban J connectivity index is 2.32. The van der Waals surface area contributed by atoms with E-state index in [0.717, 1.165) is 17.8 Å². The SMILES string of the molecule is CCc1cc(-n2cc(CCO)nn2)ccc1C. The molecule has 4 nitrogen and oxygen atoms in total. The molecule has 2 rings (SSSR count). The zero-order chi connectivity index (χ0) is 12.3. The van der Waals surface area contributed by atoms with Gasteiger partial charge in [0.1, 0.15) is 0 Å². The average Bonchev–Trinajstić information content (AvgIpc) is 2.79. The van der Waals surface area contributed by atoms with Crippen molar-refractivity contribution in [1.82, 2.24) is 15.0 Å². The molecule has 0 amide bonds. The van der Waals surface area contributed by atoms with Gasteiger partial charge in [-0.05, 0) is 36.6 Å². The first-order valence-corrected chi connectivity index (χ1v) is 5.86. The minimum absolute atomic E-state index is 0.104. The van der Waals surface area contributed by atoms with Gasteiger partial charge in [0, 0.05) is 13.0 Å². The lowest BCUT2D eigenvalue weighted by molar-refractivity contribution is 0.298. The molecule has 0 aliphatic heterocycles. The third-order valence-corrected chi connectivity index (χ3v) is 2.89. The van der Waals surface area contributed by atoms with Crippen LogP contribution >= 0.6 is 0 Å². The summed E-state index contributed by atoms with van der Waals surface area (Å²) < 4.78 is 1.75. The first kappa shape index (κ1) is 11.8. The molecule has 0 aliphatic carbocycles. The lowest BCUT2D eigenvalue weighted by Gasteiger charge is -2.06. The largest absolute Gasteiger partial charge is 0.396 e. The first-order chi connectivity index (χ1) is 8.24. The molecule has 0 aliphatic rings. The zero-order valence-corrected chi connectivity index (χ0v) is 10.2. The van der Waals surface area contributed by atoms with Gasteiger partial charge in [-0.3, -0.25) is 0 Å². The third-order valence-electron chi connectivity index (χ3n) is 2.89. The fourth-order valence-electron chi connectivity index (χ4n) is 1.83. The number of aryl methyl sites for hydroxylation is 2. The fourth-order valence-corrected chi connectivity index (χ4v) is 1.83. The van der Waals surface area contributed by atoms with Gasteiger partial charge in [0.25, 0.3) is 0 Å². The zero-order valence-electron chi connectivity index (χ0n) is 10.2. The number of rotatable bonds is 4. The molecular formula is C13H17N3O. The number of hydrogen-bond acceptors (Lipinski definition) is 3. The molecule has 0 saturated carbocycles. The van der Waals surface area contributed by atoms with E-state index in [1.165, 1.54) is 11.1 Å². The lowest BCUT2D eigenvalue weighted by atomic mass is 10.1. The van der Waals surface area contributed by atoms with Crippen molar-refractivity contribution in [2.75, 3.05) is 6.61 Å². The minimum atomic E-state index is 0.104. The van der Waals surface area contributed by atoms with Crippen LogP contribution in [0, 0.1) is 6.92 Å². The monoisotopic (exact) mass is 231 g/mol. The van der Waals surface area contributed by atoms with Crippen LogP contribution in [-0.2, 0) is 12.8 Å². The van der Waals surface area contributed by atoms with E-state index in [-0.39, 0.29) is 6.61 Å². The normalized spacial score (nSPS) is 10.8. The van der Waals surface area contributed by atoms with Gasteiger partial charge in [-0.2, -0.15) is 0 Å². The lowest BCUT2D eigenvalue weighted by Crippen LogP contribution is -1.97. The van der Waals surface area contributed by atoms with E-state index < -0.39 is 0 Å². The molecule has 90 valence electrons. The van der Waals surface area contributed by atoms with Gasteiger partial charge < -0.3 is 5.11 Å². The van der Waals surface area contributed by atoms with Crippen LogP contribution in [0.3, 0.4) is 0 Å². The highest BCUT2D eigenvalue weighted by molar-refractivity contribution is 5.39. The van der Waals surface area contributed by atoms with Gasteiger partial charge >= 0.3 is 0 Å². The molecule has 0 spiro atoms. The van der Waals surface area contributed by atoms with Crippen molar-refractivity contribution >= 4 is 0 Å². The standard InChI is InChI=1S/C13H17N3O/c1-3-11-8-13(5-4-10(11)2)16-9-12(6-7-17)14-15-16/h4-5,8-9,17H,3,6-7H2,1-2H3. The molecule has 0 unspecified atom stereocenters. The maximum Gasteiger partial charge on any atom is 0.0854 e. The van der Waals surface area contributed by atoms with Crippen molar-refractivity contribution in [2.24, 2.45) is 0 Å². The molecule has 0 atom stereocenters. The molecule has 0 radical (unpaired) electrons. The Hall–Kier alpha value is -1.68. The molecule has 1 N–H and O–H groups in total. The number of aliphatic hydroxyl groups excluding tert-OH is 1. The van der Waals surface area contributed by atoms with Crippen LogP contribution in [0.2, 0.25) is 0 Å². The maximum absolute atomic E-state index is 8.84. The van der Waals surface area contributed by atoms with Crippen LogP contribution in [0.25, 0.3) is 5.69 Å². The molecule has 4 heteroatoms. The van der Waals surface area contributed by atoms with Crippen molar-refractivity contribution in [3.63, 3.8) is 0 Å². The van der Waals surface area contributed by atoms with Crippen LogP contribution in [0.15, 0.2) is 24.4 Å². The summed E-state index contributed by atoms with van der Waals surface area (Å²) in [6.07, 6.45) is 3.42. The van der Waals surface area contributed by atoms with E-state index in [4.69, 9.17) is 5.11 Å². The molecule has 1 heterocycles. The molecule has 0 saturated heterocycles. The number of benzene rings is 1. The van der Waals surface area contributed by atoms with E-state index in [2.05, 4.69) is 36.3 Å². The molecule has 0 bridgehead atoms. The highest BCUT2D eigenvalue weighted by atomic mass is 16.3. The van der Waals surface area contributed by atoms with Crippen LogP contribution in [-0.4, -0.2) is 26.7 Å². The van der Waals surface area contributed by atoms with E-state index in [9.17, 15) is 0 Å². The fraction of sp³-hybridized carbons (Fsp3) is 0.385. The minimum Gasteiger partial charge on any atom is -0.396 e. The second-order valence-electron chi connectivity index (χ2n) is 4.09. The molecule has 2 aromatic rings.